The van der Waals surface area contributed by atoms with Crippen LogP contribution in [-0.4, -0.2) is 30.1 Å². The topological polar surface area (TPSA) is 92.4 Å². The molecule has 0 aliphatic carbocycles. The summed E-state index contributed by atoms with van der Waals surface area (Å²) >= 11 is 0. The van der Waals surface area contributed by atoms with Gasteiger partial charge in [0.2, 0.25) is 5.91 Å². The van der Waals surface area contributed by atoms with Gasteiger partial charge in [-0.2, -0.15) is 0 Å². The van der Waals surface area contributed by atoms with Gasteiger partial charge in [-0.15, -0.1) is 0 Å². The van der Waals surface area contributed by atoms with Crippen LogP contribution in [0.3, 0.4) is 0 Å². The second kappa shape index (κ2) is 9.39. The SMILES string of the molecule is CO[C@@H](C)C(=O)NCc1cccc(NC(=O)NCc2ccncc2)c1. The lowest BCUT2D eigenvalue weighted by Crippen LogP contribution is -2.33. The molecule has 1 heterocycles. The lowest BCUT2D eigenvalue weighted by Gasteiger charge is -2.12. The van der Waals surface area contributed by atoms with Crippen LogP contribution in [0.4, 0.5) is 10.5 Å². The number of ether oxygens (including phenoxy) is 1. The van der Waals surface area contributed by atoms with Crippen molar-refractivity contribution >= 4 is 17.6 Å². The van der Waals surface area contributed by atoms with Gasteiger partial charge in [0.1, 0.15) is 6.10 Å². The second-order valence-electron chi connectivity index (χ2n) is 5.46. The smallest absolute Gasteiger partial charge is 0.319 e. The van der Waals surface area contributed by atoms with E-state index in [0.717, 1.165) is 11.1 Å². The molecule has 1 atom stereocenters. The monoisotopic (exact) mass is 342 g/mol. The fourth-order valence-electron chi connectivity index (χ4n) is 2.06. The van der Waals surface area contributed by atoms with Gasteiger partial charge >= 0.3 is 6.03 Å². The quantitative estimate of drug-likeness (QED) is 0.718. The van der Waals surface area contributed by atoms with Gasteiger partial charge in [0.15, 0.2) is 0 Å². The van der Waals surface area contributed by atoms with Crippen molar-refractivity contribution < 1.29 is 14.3 Å². The fraction of sp³-hybridized carbons (Fsp3) is 0.278. The Bertz CT molecular complexity index is 706. The molecular weight excluding hydrogens is 320 g/mol. The number of nitrogens with zero attached hydrogens (tertiary/aromatic N) is 1. The zero-order valence-corrected chi connectivity index (χ0v) is 14.3. The van der Waals surface area contributed by atoms with Crippen molar-refractivity contribution in [2.75, 3.05) is 12.4 Å². The number of hydrogen-bond donors (Lipinski definition) is 3. The van der Waals surface area contributed by atoms with Crippen LogP contribution in [0, 0.1) is 0 Å². The molecule has 1 aromatic carbocycles. The molecule has 3 amide bonds. The number of nitrogens with one attached hydrogen (secondary N) is 3. The van der Waals surface area contributed by atoms with Gasteiger partial charge in [-0.1, -0.05) is 12.1 Å². The van der Waals surface area contributed by atoms with Crippen LogP contribution in [0.5, 0.6) is 0 Å². The summed E-state index contributed by atoms with van der Waals surface area (Å²) in [6, 6.07) is 10.7. The first-order chi connectivity index (χ1) is 12.1. The van der Waals surface area contributed by atoms with Gasteiger partial charge in [0.25, 0.3) is 0 Å². The molecule has 0 aliphatic rings. The van der Waals surface area contributed by atoms with E-state index in [0.29, 0.717) is 18.8 Å². The number of carbonyl (C=O) groups excluding carboxylic acids is 2. The normalized spacial score (nSPS) is 11.4. The van der Waals surface area contributed by atoms with E-state index in [1.807, 2.05) is 30.3 Å². The molecule has 0 aliphatic heterocycles. The highest BCUT2D eigenvalue weighted by atomic mass is 16.5. The molecule has 0 spiro atoms. The first-order valence-corrected chi connectivity index (χ1v) is 7.91. The van der Waals surface area contributed by atoms with E-state index in [9.17, 15) is 9.59 Å². The van der Waals surface area contributed by atoms with Gasteiger partial charge < -0.3 is 20.7 Å². The molecule has 0 fully saturated rings. The van der Waals surface area contributed by atoms with Crippen LogP contribution in [0.15, 0.2) is 48.8 Å². The molecule has 0 saturated carbocycles. The van der Waals surface area contributed by atoms with Crippen molar-refractivity contribution in [3.63, 3.8) is 0 Å². The van der Waals surface area contributed by atoms with Crippen molar-refractivity contribution in [3.8, 4) is 0 Å². The molecule has 25 heavy (non-hydrogen) atoms. The summed E-state index contributed by atoms with van der Waals surface area (Å²) < 4.78 is 4.96. The Hall–Kier alpha value is -2.93. The average Bonchev–Trinajstić information content (AvgIpc) is 2.65. The Labute approximate surface area is 146 Å². The molecular formula is C18H22N4O3. The van der Waals surface area contributed by atoms with Gasteiger partial charge in [0.05, 0.1) is 0 Å². The number of hydrogen-bond acceptors (Lipinski definition) is 4. The number of amides is 3. The van der Waals surface area contributed by atoms with E-state index in [2.05, 4.69) is 20.9 Å². The Kier molecular flexibility index (Phi) is 6.91. The van der Waals surface area contributed by atoms with Crippen LogP contribution in [0.2, 0.25) is 0 Å². The lowest BCUT2D eigenvalue weighted by molar-refractivity contribution is -0.130. The van der Waals surface area contributed by atoms with Gasteiger partial charge in [-0.25, -0.2) is 4.79 Å². The standard InChI is InChI=1S/C18H22N4O3/c1-13(25-2)17(23)20-12-15-4-3-5-16(10-15)22-18(24)21-11-14-6-8-19-9-7-14/h3-10,13H,11-12H2,1-2H3,(H,20,23)(H2,21,22,24)/t13-/m0/s1. The molecule has 132 valence electrons. The third-order valence-electron chi connectivity index (χ3n) is 3.58. The van der Waals surface area contributed by atoms with Crippen LogP contribution in [0.25, 0.3) is 0 Å². The van der Waals surface area contributed by atoms with Crippen LogP contribution in [0.1, 0.15) is 18.1 Å². The number of carbonyl (C=O) groups is 2. The van der Waals surface area contributed by atoms with E-state index in [4.69, 9.17) is 4.74 Å². The molecule has 1 aromatic heterocycles. The van der Waals surface area contributed by atoms with Crippen LogP contribution in [-0.2, 0) is 22.6 Å². The molecule has 0 unspecified atom stereocenters. The highest BCUT2D eigenvalue weighted by molar-refractivity contribution is 5.89. The summed E-state index contributed by atoms with van der Waals surface area (Å²) in [6.45, 7) is 2.46. The van der Waals surface area contributed by atoms with E-state index in [1.165, 1.54) is 7.11 Å². The van der Waals surface area contributed by atoms with Gasteiger partial charge in [0, 0.05) is 38.3 Å². The molecule has 2 aromatic rings. The molecule has 0 radical (unpaired) electrons. The summed E-state index contributed by atoms with van der Waals surface area (Å²) in [6.07, 6.45) is 2.86. The predicted molar refractivity (Wildman–Crippen MR) is 94.9 cm³/mol. The van der Waals surface area contributed by atoms with Crippen LogP contribution < -0.4 is 16.0 Å². The molecule has 0 bridgehead atoms. The Morgan fingerprint density at radius 2 is 1.80 bits per heavy atom. The average molecular weight is 342 g/mol. The van der Waals surface area contributed by atoms with E-state index in [-0.39, 0.29) is 11.9 Å². The first kappa shape index (κ1) is 18.4. The number of aromatic nitrogens is 1. The van der Waals surface area contributed by atoms with E-state index >= 15 is 0 Å². The van der Waals surface area contributed by atoms with Crippen molar-refractivity contribution in [3.05, 3.63) is 59.9 Å². The molecule has 7 heteroatoms. The van der Waals surface area contributed by atoms with Crippen molar-refractivity contribution in [1.82, 2.24) is 15.6 Å². The minimum absolute atomic E-state index is 0.184. The first-order valence-electron chi connectivity index (χ1n) is 7.91. The molecule has 0 saturated heterocycles. The number of pyridine rings is 1. The number of urea groups is 1. The minimum Gasteiger partial charge on any atom is -0.372 e. The van der Waals surface area contributed by atoms with Crippen molar-refractivity contribution in [2.45, 2.75) is 26.1 Å². The van der Waals surface area contributed by atoms with Crippen LogP contribution >= 0.6 is 0 Å². The van der Waals surface area contributed by atoms with E-state index in [1.54, 1.807) is 25.4 Å². The molecule has 7 nitrogen and oxygen atoms in total. The molecule has 3 N–H and O–H groups in total. The Morgan fingerprint density at radius 1 is 1.08 bits per heavy atom. The number of anilines is 1. The summed E-state index contributed by atoms with van der Waals surface area (Å²) in [5, 5.41) is 8.33. The molecule has 2 rings (SSSR count). The van der Waals surface area contributed by atoms with Crippen molar-refractivity contribution in [2.24, 2.45) is 0 Å². The largest absolute Gasteiger partial charge is 0.372 e. The summed E-state index contributed by atoms with van der Waals surface area (Å²) in [7, 11) is 1.49. The zero-order chi connectivity index (χ0) is 18.1. The second-order valence-corrected chi connectivity index (χ2v) is 5.46. The third kappa shape index (κ3) is 6.23. The predicted octanol–water partition coefficient (Wildman–Crippen LogP) is 2.05. The zero-order valence-electron chi connectivity index (χ0n) is 14.3. The minimum atomic E-state index is -0.500. The summed E-state index contributed by atoms with van der Waals surface area (Å²) in [5.74, 6) is -0.184. The van der Waals surface area contributed by atoms with Gasteiger partial charge in [-0.3, -0.25) is 9.78 Å². The number of rotatable bonds is 7. The Morgan fingerprint density at radius 3 is 2.52 bits per heavy atom. The number of methoxy groups -OCH3 is 1. The fourth-order valence-corrected chi connectivity index (χ4v) is 2.06. The van der Waals surface area contributed by atoms with Gasteiger partial charge in [-0.05, 0) is 42.3 Å². The maximum atomic E-state index is 12.0. The summed E-state index contributed by atoms with van der Waals surface area (Å²) in [4.78, 5) is 27.6. The maximum Gasteiger partial charge on any atom is 0.319 e. The number of benzene rings is 1. The van der Waals surface area contributed by atoms with Crippen molar-refractivity contribution in [1.29, 1.82) is 0 Å². The highest BCUT2D eigenvalue weighted by Crippen LogP contribution is 2.10. The Balaban J connectivity index is 1.84. The van der Waals surface area contributed by atoms with E-state index < -0.39 is 6.10 Å². The maximum absolute atomic E-state index is 12.0. The summed E-state index contributed by atoms with van der Waals surface area (Å²) in [5.41, 5.74) is 2.50. The highest BCUT2D eigenvalue weighted by Gasteiger charge is 2.10. The third-order valence-corrected chi connectivity index (χ3v) is 3.58. The lowest BCUT2D eigenvalue weighted by atomic mass is 10.2.